The lowest BCUT2D eigenvalue weighted by Crippen LogP contribution is -2.33. The molecule has 29 heavy (non-hydrogen) atoms. The summed E-state index contributed by atoms with van der Waals surface area (Å²) in [6, 6.07) is 15.0. The molecular weight excluding hydrogens is 384 g/mol. The van der Waals surface area contributed by atoms with Crippen LogP contribution in [0.4, 0.5) is 0 Å². The van der Waals surface area contributed by atoms with Crippen LogP contribution >= 0.6 is 0 Å². The minimum Gasteiger partial charge on any atom is -0.351 e. The molecular formula is C23H26N2O3S. The molecule has 152 valence electrons. The molecule has 0 spiro atoms. The van der Waals surface area contributed by atoms with Crippen molar-refractivity contribution in [1.29, 1.82) is 0 Å². The number of rotatable bonds is 5. The summed E-state index contributed by atoms with van der Waals surface area (Å²) in [6.07, 6.45) is 4.35. The largest absolute Gasteiger partial charge is 0.351 e. The van der Waals surface area contributed by atoms with Crippen molar-refractivity contribution in [3.05, 3.63) is 77.6 Å². The first-order valence-electron chi connectivity index (χ1n) is 9.46. The van der Waals surface area contributed by atoms with Crippen molar-refractivity contribution >= 4 is 26.5 Å². The minimum atomic E-state index is -3.67. The van der Waals surface area contributed by atoms with Crippen LogP contribution in [0.25, 0.3) is 10.8 Å². The number of carbonyl (C=O) groups is 1. The molecule has 1 amide bonds. The number of nitrogens with one attached hydrogen (secondary N) is 1. The zero-order chi connectivity index (χ0) is 21.2. The van der Waals surface area contributed by atoms with E-state index in [2.05, 4.69) is 31.1 Å². The highest BCUT2D eigenvalue weighted by Crippen LogP contribution is 2.29. The summed E-state index contributed by atoms with van der Waals surface area (Å²) in [4.78, 5) is 17.0. The Kier molecular flexibility index (Phi) is 5.75. The molecule has 5 nitrogen and oxygen atoms in total. The Morgan fingerprint density at radius 2 is 1.76 bits per heavy atom. The fourth-order valence-electron chi connectivity index (χ4n) is 3.35. The molecule has 2 aromatic carbocycles. The summed E-state index contributed by atoms with van der Waals surface area (Å²) in [5.74, 6) is -0.531. The fourth-order valence-corrected chi connectivity index (χ4v) is 4.49. The lowest BCUT2D eigenvalue weighted by molar-refractivity contribution is -0.120. The van der Waals surface area contributed by atoms with Crippen LogP contribution in [0.5, 0.6) is 0 Å². The molecule has 0 aliphatic carbocycles. The molecule has 6 heteroatoms. The third-order valence-electron chi connectivity index (χ3n) is 4.95. The van der Waals surface area contributed by atoms with E-state index in [0.29, 0.717) is 10.9 Å². The van der Waals surface area contributed by atoms with Crippen LogP contribution in [-0.4, -0.2) is 25.6 Å². The Bertz CT molecular complexity index is 1130. The van der Waals surface area contributed by atoms with Gasteiger partial charge < -0.3 is 5.32 Å². The van der Waals surface area contributed by atoms with Gasteiger partial charge >= 0.3 is 0 Å². The summed E-state index contributed by atoms with van der Waals surface area (Å²) in [7, 11) is -3.67. The Labute approximate surface area is 172 Å². The van der Waals surface area contributed by atoms with E-state index in [9.17, 15) is 13.2 Å². The van der Waals surface area contributed by atoms with Crippen molar-refractivity contribution in [2.75, 3.05) is 6.26 Å². The summed E-state index contributed by atoms with van der Waals surface area (Å²) in [5, 5.41) is 3.02. The summed E-state index contributed by atoms with van der Waals surface area (Å²) < 4.78 is 25.0. The van der Waals surface area contributed by atoms with Crippen molar-refractivity contribution < 1.29 is 13.2 Å². The molecule has 3 aromatic rings. The highest BCUT2D eigenvalue weighted by atomic mass is 32.2. The summed E-state index contributed by atoms with van der Waals surface area (Å²) >= 11 is 0. The molecule has 0 aliphatic heterocycles. The van der Waals surface area contributed by atoms with Gasteiger partial charge in [-0.25, -0.2) is 8.42 Å². The zero-order valence-corrected chi connectivity index (χ0v) is 18.0. The van der Waals surface area contributed by atoms with Crippen LogP contribution in [0.3, 0.4) is 0 Å². The Balaban J connectivity index is 1.86. The number of hydrogen-bond acceptors (Lipinski definition) is 4. The van der Waals surface area contributed by atoms with Gasteiger partial charge in [0.15, 0.2) is 15.1 Å². The SMILES string of the molecule is CC(C)(C)c1ccc(CNC(=O)C(c2cccc3cnccc23)S(C)(=O)=O)cc1. The first kappa shape index (κ1) is 21.0. The van der Waals surface area contributed by atoms with Crippen LogP contribution < -0.4 is 5.32 Å². The molecule has 0 bridgehead atoms. The van der Waals surface area contributed by atoms with E-state index in [-0.39, 0.29) is 12.0 Å². The molecule has 0 fully saturated rings. The second-order valence-corrected chi connectivity index (χ2v) is 10.4. The van der Waals surface area contributed by atoms with Crippen LogP contribution in [0, 0.1) is 0 Å². The molecule has 0 saturated carbocycles. The van der Waals surface area contributed by atoms with Gasteiger partial charge in [0.25, 0.3) is 0 Å². The van der Waals surface area contributed by atoms with Crippen molar-refractivity contribution in [3.8, 4) is 0 Å². The fraction of sp³-hybridized carbons (Fsp3) is 0.304. The van der Waals surface area contributed by atoms with Gasteiger partial charge in [-0.3, -0.25) is 9.78 Å². The lowest BCUT2D eigenvalue weighted by atomic mass is 9.87. The van der Waals surface area contributed by atoms with Crippen LogP contribution in [-0.2, 0) is 26.6 Å². The van der Waals surface area contributed by atoms with E-state index in [0.717, 1.165) is 17.2 Å². The number of fused-ring (bicyclic) bond motifs is 1. The number of amides is 1. The van der Waals surface area contributed by atoms with Crippen LogP contribution in [0.2, 0.25) is 0 Å². The van der Waals surface area contributed by atoms with E-state index in [1.165, 1.54) is 5.56 Å². The lowest BCUT2D eigenvalue weighted by Gasteiger charge is -2.20. The highest BCUT2D eigenvalue weighted by molar-refractivity contribution is 7.91. The standard InChI is InChI=1S/C23H26N2O3S/c1-23(2,3)18-10-8-16(9-11-18)14-25-22(26)21(29(4,27)28)20-7-5-6-17-15-24-13-12-19(17)20/h5-13,15,21H,14H2,1-4H3,(H,25,26). The van der Waals surface area contributed by atoms with Crippen LogP contribution in [0.15, 0.2) is 60.9 Å². The van der Waals surface area contributed by atoms with Crippen molar-refractivity contribution in [3.63, 3.8) is 0 Å². The molecule has 0 aliphatic rings. The Morgan fingerprint density at radius 1 is 1.07 bits per heavy atom. The predicted octanol–water partition coefficient (Wildman–Crippen LogP) is 3.93. The molecule has 1 unspecified atom stereocenters. The number of aromatic nitrogens is 1. The van der Waals surface area contributed by atoms with Crippen LogP contribution in [0.1, 0.15) is 42.7 Å². The van der Waals surface area contributed by atoms with Gasteiger partial charge in [0, 0.05) is 30.6 Å². The zero-order valence-electron chi connectivity index (χ0n) is 17.1. The number of hydrogen-bond donors (Lipinski definition) is 1. The van der Waals surface area contributed by atoms with Crippen molar-refractivity contribution in [1.82, 2.24) is 10.3 Å². The molecule has 0 radical (unpaired) electrons. The third kappa shape index (κ3) is 4.82. The molecule has 3 rings (SSSR count). The average Bonchev–Trinajstić information content (AvgIpc) is 2.65. The number of benzene rings is 2. The first-order chi connectivity index (χ1) is 13.6. The monoisotopic (exact) mass is 410 g/mol. The van der Waals surface area contributed by atoms with E-state index < -0.39 is 21.0 Å². The van der Waals surface area contributed by atoms with Gasteiger partial charge in [0.1, 0.15) is 0 Å². The van der Waals surface area contributed by atoms with Crippen molar-refractivity contribution in [2.24, 2.45) is 0 Å². The smallest absolute Gasteiger partial charge is 0.243 e. The van der Waals surface area contributed by atoms with E-state index in [1.807, 2.05) is 30.3 Å². The van der Waals surface area contributed by atoms with Gasteiger partial charge in [0.05, 0.1) is 0 Å². The maximum Gasteiger partial charge on any atom is 0.243 e. The molecule has 1 N–H and O–H groups in total. The average molecular weight is 411 g/mol. The molecule has 1 heterocycles. The Hall–Kier alpha value is -2.73. The van der Waals surface area contributed by atoms with Gasteiger partial charge in [0.2, 0.25) is 5.91 Å². The van der Waals surface area contributed by atoms with Crippen molar-refractivity contribution in [2.45, 2.75) is 38.0 Å². The summed E-state index contributed by atoms with van der Waals surface area (Å²) in [6.45, 7) is 6.68. The number of carbonyl (C=O) groups excluding carboxylic acids is 1. The first-order valence-corrected chi connectivity index (χ1v) is 11.4. The van der Waals surface area contributed by atoms with E-state index >= 15 is 0 Å². The van der Waals surface area contributed by atoms with E-state index in [1.54, 1.807) is 30.6 Å². The number of pyridine rings is 1. The molecule has 1 atom stereocenters. The van der Waals surface area contributed by atoms with E-state index in [4.69, 9.17) is 0 Å². The molecule has 0 saturated heterocycles. The summed E-state index contributed by atoms with van der Waals surface area (Å²) in [5.41, 5.74) is 2.63. The second-order valence-electron chi connectivity index (χ2n) is 8.32. The normalized spacial score (nSPS) is 13.2. The second kappa shape index (κ2) is 7.95. The number of sulfone groups is 1. The maximum atomic E-state index is 12.9. The topological polar surface area (TPSA) is 76.1 Å². The number of nitrogens with zero attached hydrogens (tertiary/aromatic N) is 1. The molecule has 1 aromatic heterocycles. The minimum absolute atomic E-state index is 0.0480. The van der Waals surface area contributed by atoms with Gasteiger partial charge in [-0.15, -0.1) is 0 Å². The quantitative estimate of drug-likeness (QED) is 0.691. The van der Waals surface area contributed by atoms with Gasteiger partial charge in [-0.2, -0.15) is 0 Å². The third-order valence-corrected chi connectivity index (χ3v) is 6.27. The maximum absolute atomic E-state index is 12.9. The highest BCUT2D eigenvalue weighted by Gasteiger charge is 2.32. The predicted molar refractivity (Wildman–Crippen MR) is 116 cm³/mol. The Morgan fingerprint density at radius 3 is 2.38 bits per heavy atom. The van der Waals surface area contributed by atoms with Gasteiger partial charge in [-0.05, 0) is 33.6 Å². The van der Waals surface area contributed by atoms with Gasteiger partial charge in [-0.1, -0.05) is 63.2 Å².